The summed E-state index contributed by atoms with van der Waals surface area (Å²) in [6.07, 6.45) is 0. The molecular weight excluding hydrogens is 339 g/mol. The maximum absolute atomic E-state index is 11.7. The van der Waals surface area contributed by atoms with Crippen molar-refractivity contribution in [1.29, 1.82) is 0 Å². The van der Waals surface area contributed by atoms with E-state index in [0.717, 1.165) is 11.3 Å². The first-order valence-electron chi connectivity index (χ1n) is 6.72. The zero-order chi connectivity index (χ0) is 16.4. The van der Waals surface area contributed by atoms with Gasteiger partial charge in [-0.2, -0.15) is 4.68 Å². The lowest BCUT2D eigenvalue weighted by atomic mass is 10.2. The molecule has 0 radical (unpaired) electrons. The Labute approximate surface area is 141 Å². The van der Waals surface area contributed by atoms with Gasteiger partial charge in [0.2, 0.25) is 5.88 Å². The summed E-state index contributed by atoms with van der Waals surface area (Å²) in [5.74, 6) is 0.719. The van der Waals surface area contributed by atoms with Crippen molar-refractivity contribution in [2.75, 3.05) is 0 Å². The van der Waals surface area contributed by atoms with Crippen LogP contribution in [0.4, 0.5) is 0 Å². The van der Waals surface area contributed by atoms with E-state index in [1.165, 1.54) is 10.7 Å². The molecule has 0 saturated carbocycles. The molecule has 0 atom stereocenters. The van der Waals surface area contributed by atoms with Crippen LogP contribution in [0.1, 0.15) is 11.3 Å². The van der Waals surface area contributed by atoms with Gasteiger partial charge in [-0.3, -0.25) is 9.89 Å². The summed E-state index contributed by atoms with van der Waals surface area (Å²) in [6, 6.07) is 9.93. The second kappa shape index (κ2) is 6.44. The first-order valence-corrected chi connectivity index (χ1v) is 7.48. The van der Waals surface area contributed by atoms with Gasteiger partial charge in [0.1, 0.15) is 6.61 Å². The maximum atomic E-state index is 11.7. The van der Waals surface area contributed by atoms with Gasteiger partial charge in [-0.15, -0.1) is 10.2 Å². The molecule has 0 aliphatic heterocycles. The van der Waals surface area contributed by atoms with E-state index in [9.17, 15) is 4.79 Å². The van der Waals surface area contributed by atoms with Crippen molar-refractivity contribution < 1.29 is 4.74 Å². The number of benzene rings is 1. The van der Waals surface area contributed by atoms with E-state index in [1.807, 2.05) is 0 Å². The number of hydrogen-bond acceptors (Lipinski definition) is 4. The van der Waals surface area contributed by atoms with E-state index in [2.05, 4.69) is 15.3 Å². The first-order chi connectivity index (χ1) is 11.0. The number of halogens is 2. The van der Waals surface area contributed by atoms with Crippen molar-refractivity contribution in [2.45, 2.75) is 13.5 Å². The lowest BCUT2D eigenvalue weighted by Gasteiger charge is -2.07. The van der Waals surface area contributed by atoms with Gasteiger partial charge < -0.3 is 4.74 Å². The SMILES string of the molecule is Cc1cc(=O)n(-c2ccc(OCc3ccc(Cl)cc3Cl)nn2)[nH]1. The van der Waals surface area contributed by atoms with Crippen LogP contribution < -0.4 is 10.3 Å². The monoisotopic (exact) mass is 350 g/mol. The highest BCUT2D eigenvalue weighted by molar-refractivity contribution is 6.35. The summed E-state index contributed by atoms with van der Waals surface area (Å²) in [5.41, 5.74) is 1.34. The smallest absolute Gasteiger partial charge is 0.272 e. The predicted molar refractivity (Wildman–Crippen MR) is 87.5 cm³/mol. The van der Waals surface area contributed by atoms with Crippen molar-refractivity contribution in [3.8, 4) is 11.7 Å². The van der Waals surface area contributed by atoms with Crippen LogP contribution in [0, 0.1) is 6.92 Å². The van der Waals surface area contributed by atoms with Gasteiger partial charge in [0.05, 0.1) is 0 Å². The molecule has 8 heteroatoms. The third kappa shape index (κ3) is 3.55. The Balaban J connectivity index is 1.73. The van der Waals surface area contributed by atoms with Crippen LogP contribution in [0.3, 0.4) is 0 Å². The second-order valence-corrected chi connectivity index (χ2v) is 5.71. The molecule has 0 amide bonds. The van der Waals surface area contributed by atoms with E-state index < -0.39 is 0 Å². The molecule has 0 spiro atoms. The van der Waals surface area contributed by atoms with Gasteiger partial charge in [0, 0.05) is 33.4 Å². The van der Waals surface area contributed by atoms with E-state index in [1.54, 1.807) is 37.3 Å². The molecule has 3 aromatic rings. The number of aromatic nitrogens is 4. The fraction of sp³-hybridized carbons (Fsp3) is 0.133. The van der Waals surface area contributed by atoms with Crippen LogP contribution >= 0.6 is 23.2 Å². The molecular formula is C15H12Cl2N4O2. The summed E-state index contributed by atoms with van der Waals surface area (Å²) in [7, 11) is 0. The normalized spacial score (nSPS) is 10.7. The molecule has 0 saturated heterocycles. The Morgan fingerprint density at radius 2 is 2.00 bits per heavy atom. The molecule has 118 valence electrons. The summed E-state index contributed by atoms with van der Waals surface area (Å²) in [4.78, 5) is 11.7. The highest BCUT2D eigenvalue weighted by atomic mass is 35.5. The van der Waals surface area contributed by atoms with Crippen molar-refractivity contribution in [3.63, 3.8) is 0 Å². The zero-order valence-electron chi connectivity index (χ0n) is 12.1. The largest absolute Gasteiger partial charge is 0.472 e. The summed E-state index contributed by atoms with van der Waals surface area (Å²) >= 11 is 11.9. The zero-order valence-corrected chi connectivity index (χ0v) is 13.6. The van der Waals surface area contributed by atoms with Crippen LogP contribution in [0.15, 0.2) is 41.2 Å². The molecule has 2 heterocycles. The van der Waals surface area contributed by atoms with Crippen molar-refractivity contribution in [1.82, 2.24) is 20.0 Å². The standard InChI is InChI=1S/C15H12Cl2N4O2/c1-9-6-15(22)21(20-9)13-4-5-14(19-18-13)23-8-10-2-3-11(16)7-12(10)17/h2-7,20H,8H2,1H3. The second-order valence-electron chi connectivity index (χ2n) is 4.87. The Morgan fingerprint density at radius 3 is 2.61 bits per heavy atom. The minimum Gasteiger partial charge on any atom is -0.472 e. The minimum atomic E-state index is -0.196. The minimum absolute atomic E-state index is 0.196. The van der Waals surface area contributed by atoms with Crippen molar-refractivity contribution >= 4 is 23.2 Å². The fourth-order valence-corrected chi connectivity index (χ4v) is 2.45. The average Bonchev–Trinajstić information content (AvgIpc) is 2.86. The van der Waals surface area contributed by atoms with Gasteiger partial charge in [0.15, 0.2) is 5.82 Å². The molecule has 0 bridgehead atoms. The number of hydrogen-bond donors (Lipinski definition) is 1. The summed E-state index contributed by atoms with van der Waals surface area (Å²) in [6.45, 7) is 2.03. The van der Waals surface area contributed by atoms with Crippen LogP contribution in [0.2, 0.25) is 10.0 Å². The van der Waals surface area contributed by atoms with Crippen LogP contribution in [0.25, 0.3) is 5.82 Å². The number of nitrogens with one attached hydrogen (secondary N) is 1. The van der Waals surface area contributed by atoms with Crippen LogP contribution in [0.5, 0.6) is 5.88 Å². The molecule has 0 unspecified atom stereocenters. The Hall–Kier alpha value is -2.31. The maximum Gasteiger partial charge on any atom is 0.272 e. The van der Waals surface area contributed by atoms with Gasteiger partial charge in [-0.1, -0.05) is 29.3 Å². The molecule has 2 aromatic heterocycles. The van der Waals surface area contributed by atoms with E-state index >= 15 is 0 Å². The average molecular weight is 351 g/mol. The summed E-state index contributed by atoms with van der Waals surface area (Å²) < 4.78 is 6.85. The molecule has 3 rings (SSSR count). The lowest BCUT2D eigenvalue weighted by molar-refractivity contribution is 0.290. The molecule has 0 fully saturated rings. The molecule has 0 aliphatic rings. The highest BCUT2D eigenvalue weighted by Gasteiger charge is 2.07. The van der Waals surface area contributed by atoms with Gasteiger partial charge in [0.25, 0.3) is 5.56 Å². The number of H-pyrrole nitrogens is 1. The number of aromatic amines is 1. The third-order valence-electron chi connectivity index (χ3n) is 3.09. The van der Waals surface area contributed by atoms with E-state index in [0.29, 0.717) is 21.7 Å². The summed E-state index contributed by atoms with van der Waals surface area (Å²) in [5, 5.41) is 11.9. The Kier molecular flexibility index (Phi) is 4.36. The Bertz CT molecular complexity index is 887. The van der Waals surface area contributed by atoms with Crippen molar-refractivity contribution in [3.05, 3.63) is 68.1 Å². The van der Waals surface area contributed by atoms with E-state index in [4.69, 9.17) is 27.9 Å². The molecule has 23 heavy (non-hydrogen) atoms. The topological polar surface area (TPSA) is 72.8 Å². The molecule has 0 aliphatic carbocycles. The quantitative estimate of drug-likeness (QED) is 0.784. The number of nitrogens with zero attached hydrogens (tertiary/aromatic N) is 3. The van der Waals surface area contributed by atoms with Crippen LogP contribution in [-0.2, 0) is 6.61 Å². The van der Waals surface area contributed by atoms with Crippen LogP contribution in [-0.4, -0.2) is 20.0 Å². The lowest BCUT2D eigenvalue weighted by Crippen LogP contribution is -2.15. The third-order valence-corrected chi connectivity index (χ3v) is 3.68. The molecule has 1 aromatic carbocycles. The first kappa shape index (κ1) is 15.6. The Morgan fingerprint density at radius 1 is 1.17 bits per heavy atom. The van der Waals surface area contributed by atoms with Gasteiger partial charge in [-0.25, -0.2) is 0 Å². The number of rotatable bonds is 4. The van der Waals surface area contributed by atoms with Crippen molar-refractivity contribution in [2.24, 2.45) is 0 Å². The van der Waals surface area contributed by atoms with Gasteiger partial charge >= 0.3 is 0 Å². The molecule has 6 nitrogen and oxygen atoms in total. The van der Waals surface area contributed by atoms with Gasteiger partial charge in [-0.05, 0) is 25.1 Å². The fourth-order valence-electron chi connectivity index (χ4n) is 1.98. The number of aryl methyl sites for hydroxylation is 1. The predicted octanol–water partition coefficient (Wildman–Crippen LogP) is 3.15. The van der Waals surface area contributed by atoms with E-state index in [-0.39, 0.29) is 12.2 Å². The highest BCUT2D eigenvalue weighted by Crippen LogP contribution is 2.22. The molecule has 1 N–H and O–H groups in total. The number of ether oxygens (including phenoxy) is 1.